The molecule has 1 amide bonds. The maximum atomic E-state index is 13.0. The Bertz CT molecular complexity index is 881. The molecule has 1 aliphatic heterocycles. The molecule has 3 aromatic rings. The zero-order valence-electron chi connectivity index (χ0n) is 13.8. The highest BCUT2D eigenvalue weighted by molar-refractivity contribution is 5.92. The van der Waals surface area contributed by atoms with Gasteiger partial charge in [-0.15, -0.1) is 0 Å². The van der Waals surface area contributed by atoms with E-state index < -0.39 is 0 Å². The summed E-state index contributed by atoms with van der Waals surface area (Å²) in [6, 6.07) is 11.5. The number of carbonyl (C=O) groups excluding carboxylic acids is 1. The minimum absolute atomic E-state index is 0.0371. The lowest BCUT2D eigenvalue weighted by atomic mass is 10.1. The zero-order valence-corrected chi connectivity index (χ0v) is 13.8. The number of pyridine rings is 1. The van der Waals surface area contributed by atoms with E-state index in [9.17, 15) is 4.79 Å². The van der Waals surface area contributed by atoms with Gasteiger partial charge in [0.05, 0.1) is 6.04 Å². The lowest BCUT2D eigenvalue weighted by Crippen LogP contribution is -2.41. The number of aryl methyl sites for hydroxylation is 1. The second-order valence-electron chi connectivity index (χ2n) is 6.06. The number of fused-ring (bicyclic) bond motifs is 1. The van der Waals surface area contributed by atoms with Gasteiger partial charge >= 0.3 is 0 Å². The third kappa shape index (κ3) is 2.31. The molecule has 0 spiro atoms. The molecule has 6 nitrogen and oxygen atoms in total. The van der Waals surface area contributed by atoms with Crippen LogP contribution in [-0.2, 0) is 6.54 Å². The fourth-order valence-electron chi connectivity index (χ4n) is 3.32. The van der Waals surface area contributed by atoms with Crippen molar-refractivity contribution in [2.45, 2.75) is 26.4 Å². The molecule has 0 bridgehead atoms. The van der Waals surface area contributed by atoms with Gasteiger partial charge in [-0.2, -0.15) is 5.10 Å². The predicted octanol–water partition coefficient (Wildman–Crippen LogP) is 2.59. The first-order valence-corrected chi connectivity index (χ1v) is 8.09. The van der Waals surface area contributed by atoms with E-state index in [1.165, 1.54) is 11.4 Å². The third-order valence-electron chi connectivity index (χ3n) is 4.65. The number of carbonyl (C=O) groups is 1. The van der Waals surface area contributed by atoms with Crippen LogP contribution < -0.4 is 0 Å². The summed E-state index contributed by atoms with van der Waals surface area (Å²) in [5, 5.41) is 4.17. The Kier molecular flexibility index (Phi) is 3.45. The van der Waals surface area contributed by atoms with Crippen molar-refractivity contribution in [3.63, 3.8) is 0 Å². The number of rotatable bonds is 2. The van der Waals surface area contributed by atoms with Gasteiger partial charge < -0.3 is 9.47 Å². The second-order valence-corrected chi connectivity index (χ2v) is 6.06. The number of hydrogen-bond acceptors (Lipinski definition) is 3. The normalized spacial score (nSPS) is 16.9. The highest BCUT2D eigenvalue weighted by Crippen LogP contribution is 2.28. The Balaban J connectivity index is 1.64. The third-order valence-corrected chi connectivity index (χ3v) is 4.65. The predicted molar refractivity (Wildman–Crippen MR) is 90.0 cm³/mol. The van der Waals surface area contributed by atoms with E-state index >= 15 is 0 Å². The Hall–Kier alpha value is -2.89. The fraction of sp³-hybridized carbons (Fsp3) is 0.278. The zero-order chi connectivity index (χ0) is 16.7. The standard InChI is InChI=1S/C18H19N5O/c1-13-7-8-16-14(2)22(12-11-21(13)16)18(24)15-5-3-6-17(20-15)23-10-4-9-19-23/h3-10,14H,11-12H2,1-2H3/t14-/m0/s1. The van der Waals surface area contributed by atoms with Crippen molar-refractivity contribution in [2.24, 2.45) is 0 Å². The summed E-state index contributed by atoms with van der Waals surface area (Å²) >= 11 is 0. The van der Waals surface area contributed by atoms with Gasteiger partial charge in [-0.05, 0) is 44.2 Å². The summed E-state index contributed by atoms with van der Waals surface area (Å²) < 4.78 is 3.94. The van der Waals surface area contributed by atoms with Crippen LogP contribution in [0.25, 0.3) is 5.82 Å². The Morgan fingerprint density at radius 2 is 2.04 bits per heavy atom. The molecule has 1 aliphatic rings. The van der Waals surface area contributed by atoms with Crippen molar-refractivity contribution in [1.29, 1.82) is 0 Å². The minimum atomic E-state index is -0.0402. The Morgan fingerprint density at radius 1 is 1.17 bits per heavy atom. The summed E-state index contributed by atoms with van der Waals surface area (Å²) in [6.45, 7) is 5.68. The molecule has 6 heteroatoms. The van der Waals surface area contributed by atoms with Crippen molar-refractivity contribution in [3.05, 3.63) is 65.9 Å². The van der Waals surface area contributed by atoms with Crippen LogP contribution in [0.2, 0.25) is 0 Å². The summed E-state index contributed by atoms with van der Waals surface area (Å²) in [5.41, 5.74) is 2.87. The first kappa shape index (κ1) is 14.7. The molecule has 122 valence electrons. The van der Waals surface area contributed by atoms with Crippen molar-refractivity contribution < 1.29 is 4.79 Å². The van der Waals surface area contributed by atoms with Gasteiger partial charge in [-0.1, -0.05) is 6.07 Å². The van der Waals surface area contributed by atoms with Crippen LogP contribution in [0, 0.1) is 6.92 Å². The molecule has 0 aliphatic carbocycles. The van der Waals surface area contributed by atoms with Gasteiger partial charge in [0.2, 0.25) is 0 Å². The van der Waals surface area contributed by atoms with Crippen molar-refractivity contribution >= 4 is 5.91 Å². The fourth-order valence-corrected chi connectivity index (χ4v) is 3.32. The maximum absolute atomic E-state index is 13.0. The van der Waals surface area contributed by atoms with E-state index in [0.29, 0.717) is 18.1 Å². The Morgan fingerprint density at radius 3 is 2.83 bits per heavy atom. The van der Waals surface area contributed by atoms with Crippen LogP contribution in [0.4, 0.5) is 0 Å². The summed E-state index contributed by atoms with van der Waals surface area (Å²) in [6.07, 6.45) is 3.51. The molecule has 0 unspecified atom stereocenters. The molecule has 0 fully saturated rings. The van der Waals surface area contributed by atoms with E-state index in [-0.39, 0.29) is 11.9 Å². The second kappa shape index (κ2) is 5.63. The monoisotopic (exact) mass is 321 g/mol. The molecular weight excluding hydrogens is 302 g/mol. The molecule has 0 radical (unpaired) electrons. The minimum Gasteiger partial charge on any atom is -0.345 e. The van der Waals surface area contributed by atoms with Crippen LogP contribution in [0.5, 0.6) is 0 Å². The van der Waals surface area contributed by atoms with Gasteiger partial charge in [0.1, 0.15) is 5.69 Å². The van der Waals surface area contributed by atoms with E-state index in [2.05, 4.69) is 40.6 Å². The molecule has 3 aromatic heterocycles. The van der Waals surface area contributed by atoms with Crippen LogP contribution in [0.3, 0.4) is 0 Å². The summed E-state index contributed by atoms with van der Waals surface area (Å²) in [5.74, 6) is 0.608. The van der Waals surface area contributed by atoms with Crippen molar-refractivity contribution in [2.75, 3.05) is 6.54 Å². The SMILES string of the molecule is Cc1ccc2n1CCN(C(=O)c1cccc(-n3cccn3)n1)[C@H]2C. The molecule has 0 N–H and O–H groups in total. The summed E-state index contributed by atoms with van der Waals surface area (Å²) in [7, 11) is 0. The van der Waals surface area contributed by atoms with Gasteiger partial charge in [0.15, 0.2) is 5.82 Å². The first-order chi connectivity index (χ1) is 11.6. The Labute approximate surface area is 140 Å². The highest BCUT2D eigenvalue weighted by atomic mass is 16.2. The van der Waals surface area contributed by atoms with E-state index in [1.807, 2.05) is 29.3 Å². The lowest BCUT2D eigenvalue weighted by Gasteiger charge is -2.35. The highest BCUT2D eigenvalue weighted by Gasteiger charge is 2.29. The number of aromatic nitrogens is 4. The van der Waals surface area contributed by atoms with E-state index in [0.717, 1.165) is 6.54 Å². The van der Waals surface area contributed by atoms with E-state index in [4.69, 9.17) is 0 Å². The molecule has 24 heavy (non-hydrogen) atoms. The molecule has 0 saturated carbocycles. The summed E-state index contributed by atoms with van der Waals surface area (Å²) in [4.78, 5) is 19.4. The molecular formula is C18H19N5O. The van der Waals surface area contributed by atoms with Crippen molar-refractivity contribution in [3.8, 4) is 5.82 Å². The molecule has 4 rings (SSSR count). The largest absolute Gasteiger partial charge is 0.345 e. The smallest absolute Gasteiger partial charge is 0.273 e. The first-order valence-electron chi connectivity index (χ1n) is 8.09. The van der Waals surface area contributed by atoms with Crippen LogP contribution in [0.15, 0.2) is 48.8 Å². The van der Waals surface area contributed by atoms with Gasteiger partial charge in [0.25, 0.3) is 5.91 Å². The van der Waals surface area contributed by atoms with Crippen LogP contribution in [0.1, 0.15) is 34.8 Å². The number of amides is 1. The van der Waals surface area contributed by atoms with Gasteiger partial charge in [0, 0.05) is 36.9 Å². The molecule has 0 aromatic carbocycles. The van der Waals surface area contributed by atoms with Gasteiger partial charge in [-0.25, -0.2) is 9.67 Å². The molecule has 4 heterocycles. The average Bonchev–Trinajstić information content (AvgIpc) is 3.26. The molecule has 1 atom stereocenters. The van der Waals surface area contributed by atoms with E-state index in [1.54, 1.807) is 16.9 Å². The van der Waals surface area contributed by atoms with Crippen LogP contribution in [-0.4, -0.2) is 36.7 Å². The average molecular weight is 321 g/mol. The maximum Gasteiger partial charge on any atom is 0.273 e. The lowest BCUT2D eigenvalue weighted by molar-refractivity contribution is 0.0636. The van der Waals surface area contributed by atoms with Crippen molar-refractivity contribution in [1.82, 2.24) is 24.2 Å². The quantitative estimate of drug-likeness (QED) is 0.729. The molecule has 0 saturated heterocycles. The van der Waals surface area contributed by atoms with Crippen LogP contribution >= 0.6 is 0 Å². The number of hydrogen-bond donors (Lipinski definition) is 0. The topological polar surface area (TPSA) is 56.0 Å². The number of nitrogens with zero attached hydrogens (tertiary/aromatic N) is 5. The van der Waals surface area contributed by atoms with Gasteiger partial charge in [-0.3, -0.25) is 4.79 Å².